The van der Waals surface area contributed by atoms with Crippen LogP contribution in [0.3, 0.4) is 0 Å². The molecular weight excluding hydrogens is 426 g/mol. The highest BCUT2D eigenvalue weighted by molar-refractivity contribution is 7.99. The van der Waals surface area contributed by atoms with E-state index in [1.54, 1.807) is 31.4 Å². The fourth-order valence-electron chi connectivity index (χ4n) is 2.53. The summed E-state index contributed by atoms with van der Waals surface area (Å²) in [5.74, 6) is 0.944. The molecule has 1 aromatic carbocycles. The van der Waals surface area contributed by atoms with E-state index in [0.717, 1.165) is 5.01 Å². The number of amides is 2. The molecule has 0 aliphatic heterocycles. The molecule has 12 heteroatoms. The van der Waals surface area contributed by atoms with Gasteiger partial charge in [-0.15, -0.1) is 20.4 Å². The predicted molar refractivity (Wildman–Crippen MR) is 114 cm³/mol. The number of aryl methyl sites for hydroxylation is 1. The summed E-state index contributed by atoms with van der Waals surface area (Å²) in [7, 11) is 1.55. The topological polar surface area (TPSA) is 124 Å². The summed E-state index contributed by atoms with van der Waals surface area (Å²) in [5.41, 5.74) is 0.495. The second-order valence-electron chi connectivity index (χ2n) is 6.02. The Morgan fingerprint density at radius 2 is 2.07 bits per heavy atom. The second-order valence-corrected chi connectivity index (χ2v) is 8.14. The number of thioether (sulfide) groups is 1. The Morgan fingerprint density at radius 1 is 1.23 bits per heavy atom. The number of carbonyl (C=O) groups excluding carboxylic acids is 2. The lowest BCUT2D eigenvalue weighted by atomic mass is 10.2. The van der Waals surface area contributed by atoms with Crippen molar-refractivity contribution in [3.63, 3.8) is 0 Å². The van der Waals surface area contributed by atoms with Crippen LogP contribution in [0.1, 0.15) is 28.1 Å². The number of benzene rings is 1. The Kier molecular flexibility index (Phi) is 7.36. The lowest BCUT2D eigenvalue weighted by Gasteiger charge is -2.09. The Labute approximate surface area is 181 Å². The summed E-state index contributed by atoms with van der Waals surface area (Å²) in [4.78, 5) is 24.5. The van der Waals surface area contributed by atoms with E-state index in [1.165, 1.54) is 23.1 Å². The van der Waals surface area contributed by atoms with Gasteiger partial charge in [-0.25, -0.2) is 0 Å². The van der Waals surface area contributed by atoms with Crippen LogP contribution < -0.4 is 15.4 Å². The summed E-state index contributed by atoms with van der Waals surface area (Å²) in [6.45, 7) is 4.59. The van der Waals surface area contributed by atoms with E-state index in [4.69, 9.17) is 4.74 Å². The highest BCUT2D eigenvalue weighted by Gasteiger charge is 2.15. The SMILES string of the molecule is CCn1c(CNC(=O)c2cccc(OC)c2)nnc1SCC(=O)Nc1nnc(C)s1. The molecule has 2 N–H and O–H groups in total. The third kappa shape index (κ3) is 5.54. The summed E-state index contributed by atoms with van der Waals surface area (Å²) >= 11 is 2.58. The quantitative estimate of drug-likeness (QED) is 0.478. The molecule has 0 radical (unpaired) electrons. The van der Waals surface area contributed by atoms with Crippen LogP contribution in [0.5, 0.6) is 5.75 Å². The van der Waals surface area contributed by atoms with E-state index in [2.05, 4.69) is 31.0 Å². The van der Waals surface area contributed by atoms with Gasteiger partial charge in [-0.2, -0.15) is 0 Å². The van der Waals surface area contributed by atoms with Gasteiger partial charge in [0.15, 0.2) is 11.0 Å². The van der Waals surface area contributed by atoms with Gasteiger partial charge in [0.2, 0.25) is 11.0 Å². The predicted octanol–water partition coefficient (Wildman–Crippen LogP) is 2.13. The molecule has 2 heterocycles. The van der Waals surface area contributed by atoms with E-state index in [1.807, 2.05) is 18.4 Å². The van der Waals surface area contributed by atoms with E-state index in [-0.39, 0.29) is 24.1 Å². The van der Waals surface area contributed by atoms with Gasteiger partial charge in [0.25, 0.3) is 5.91 Å². The zero-order valence-corrected chi connectivity index (χ0v) is 18.3. The first-order valence-electron chi connectivity index (χ1n) is 9.07. The minimum Gasteiger partial charge on any atom is -0.497 e. The highest BCUT2D eigenvalue weighted by Crippen LogP contribution is 2.19. The maximum absolute atomic E-state index is 12.4. The average Bonchev–Trinajstić information content (AvgIpc) is 3.35. The molecule has 3 rings (SSSR count). The maximum Gasteiger partial charge on any atom is 0.251 e. The molecule has 3 aromatic rings. The molecule has 0 fully saturated rings. The third-order valence-corrected chi connectivity index (χ3v) is 5.67. The average molecular weight is 448 g/mol. The molecule has 30 heavy (non-hydrogen) atoms. The minimum absolute atomic E-state index is 0.160. The first-order chi connectivity index (χ1) is 14.5. The van der Waals surface area contributed by atoms with Crippen molar-refractivity contribution >= 4 is 40.0 Å². The number of ether oxygens (including phenoxy) is 1. The number of nitrogens with one attached hydrogen (secondary N) is 2. The molecule has 0 saturated carbocycles. The van der Waals surface area contributed by atoms with Crippen molar-refractivity contribution in [3.8, 4) is 5.75 Å². The fourth-order valence-corrected chi connectivity index (χ4v) is 3.96. The van der Waals surface area contributed by atoms with Crippen molar-refractivity contribution in [2.45, 2.75) is 32.1 Å². The number of nitrogens with zero attached hydrogens (tertiary/aromatic N) is 5. The molecular formula is C18H21N7O3S2. The number of hydrogen-bond donors (Lipinski definition) is 2. The van der Waals surface area contributed by atoms with Gasteiger partial charge < -0.3 is 14.6 Å². The van der Waals surface area contributed by atoms with Crippen LogP contribution in [0.15, 0.2) is 29.4 Å². The third-order valence-electron chi connectivity index (χ3n) is 3.95. The fraction of sp³-hybridized carbons (Fsp3) is 0.333. The minimum atomic E-state index is -0.236. The van der Waals surface area contributed by atoms with Gasteiger partial charge in [0.05, 0.1) is 19.4 Å². The number of rotatable bonds is 9. The first-order valence-corrected chi connectivity index (χ1v) is 10.9. The standard InChI is InChI=1S/C18H21N7O3S2/c1-4-25-14(9-19-16(27)12-6-5-7-13(8-12)28-3)22-24-18(25)29-10-15(26)20-17-23-21-11(2)30-17/h5-8H,4,9-10H2,1-3H3,(H,19,27)(H,20,23,26). The van der Waals surface area contributed by atoms with Gasteiger partial charge >= 0.3 is 0 Å². The number of hydrogen-bond acceptors (Lipinski definition) is 9. The number of methoxy groups -OCH3 is 1. The van der Waals surface area contributed by atoms with Gasteiger partial charge in [-0.3, -0.25) is 14.9 Å². The number of anilines is 1. The van der Waals surface area contributed by atoms with Crippen molar-refractivity contribution in [1.29, 1.82) is 0 Å². The Hall–Kier alpha value is -2.99. The van der Waals surface area contributed by atoms with Crippen molar-refractivity contribution in [3.05, 3.63) is 40.7 Å². The normalized spacial score (nSPS) is 10.6. The molecule has 0 aliphatic carbocycles. The molecule has 0 aliphatic rings. The van der Waals surface area contributed by atoms with Crippen LogP contribution in [0.2, 0.25) is 0 Å². The summed E-state index contributed by atoms with van der Waals surface area (Å²) in [6, 6.07) is 6.91. The second kappa shape index (κ2) is 10.2. The van der Waals surface area contributed by atoms with E-state index < -0.39 is 0 Å². The summed E-state index contributed by atoms with van der Waals surface area (Å²) in [5, 5.41) is 23.4. The van der Waals surface area contributed by atoms with Crippen LogP contribution >= 0.6 is 23.1 Å². The van der Waals surface area contributed by atoms with Crippen LogP contribution in [0.4, 0.5) is 5.13 Å². The van der Waals surface area contributed by atoms with Crippen molar-refractivity contribution in [2.75, 3.05) is 18.2 Å². The zero-order chi connectivity index (χ0) is 21.5. The first kappa shape index (κ1) is 21.7. The molecule has 0 bridgehead atoms. The molecule has 0 spiro atoms. The lowest BCUT2D eigenvalue weighted by molar-refractivity contribution is -0.113. The van der Waals surface area contributed by atoms with Crippen LogP contribution in [-0.2, 0) is 17.9 Å². The highest BCUT2D eigenvalue weighted by atomic mass is 32.2. The van der Waals surface area contributed by atoms with Gasteiger partial charge in [0, 0.05) is 12.1 Å². The van der Waals surface area contributed by atoms with E-state index in [9.17, 15) is 9.59 Å². The Bertz CT molecular complexity index is 1030. The van der Waals surface area contributed by atoms with Crippen LogP contribution in [0, 0.1) is 6.92 Å². The van der Waals surface area contributed by atoms with Crippen molar-refractivity contribution < 1.29 is 14.3 Å². The van der Waals surface area contributed by atoms with Crippen LogP contribution in [0.25, 0.3) is 0 Å². The molecule has 158 valence electrons. The molecule has 2 aromatic heterocycles. The van der Waals surface area contributed by atoms with Gasteiger partial charge in [0.1, 0.15) is 10.8 Å². The van der Waals surface area contributed by atoms with Gasteiger partial charge in [-0.05, 0) is 32.0 Å². The summed E-state index contributed by atoms with van der Waals surface area (Å²) in [6.07, 6.45) is 0. The largest absolute Gasteiger partial charge is 0.497 e. The van der Waals surface area contributed by atoms with E-state index in [0.29, 0.717) is 34.0 Å². The Balaban J connectivity index is 1.56. The van der Waals surface area contributed by atoms with Gasteiger partial charge in [-0.1, -0.05) is 29.2 Å². The molecule has 0 saturated heterocycles. The zero-order valence-electron chi connectivity index (χ0n) is 16.7. The summed E-state index contributed by atoms with van der Waals surface area (Å²) < 4.78 is 7.00. The lowest BCUT2D eigenvalue weighted by Crippen LogP contribution is -2.24. The van der Waals surface area contributed by atoms with Crippen LogP contribution in [-0.4, -0.2) is 49.6 Å². The molecule has 0 atom stereocenters. The number of aromatic nitrogens is 5. The molecule has 10 nitrogen and oxygen atoms in total. The molecule has 0 unspecified atom stereocenters. The smallest absolute Gasteiger partial charge is 0.251 e. The maximum atomic E-state index is 12.4. The molecule has 2 amide bonds. The monoisotopic (exact) mass is 447 g/mol. The van der Waals surface area contributed by atoms with Crippen molar-refractivity contribution in [1.82, 2.24) is 30.3 Å². The number of carbonyl (C=O) groups is 2. The van der Waals surface area contributed by atoms with E-state index >= 15 is 0 Å². The van der Waals surface area contributed by atoms with Crippen molar-refractivity contribution in [2.24, 2.45) is 0 Å². The Morgan fingerprint density at radius 3 is 2.77 bits per heavy atom.